The number of hydrogen-bond acceptors (Lipinski definition) is 4. The standard InChI is InChI=1S/C21H21FN4OS/c1-4-12-26-20(21(27)23-18-7-5-6-14(2)15(18)3)19(24-25-26)13-28-17-10-8-16(22)9-11-17/h4-11H,1,12-13H2,2-3H3,(H,23,27). The Morgan fingerprint density at radius 1 is 1.25 bits per heavy atom. The molecular weight excluding hydrogens is 375 g/mol. The van der Waals surface area contributed by atoms with E-state index in [1.54, 1.807) is 18.2 Å². The fraction of sp³-hybridized carbons (Fsp3) is 0.190. The van der Waals surface area contributed by atoms with E-state index < -0.39 is 0 Å². The number of nitrogens with zero attached hydrogens (tertiary/aromatic N) is 3. The maximum atomic E-state index is 13.1. The molecule has 0 aliphatic heterocycles. The second-order valence-electron chi connectivity index (χ2n) is 6.30. The molecule has 0 aliphatic rings. The van der Waals surface area contributed by atoms with Crippen molar-refractivity contribution in [3.8, 4) is 0 Å². The molecule has 0 aliphatic carbocycles. The van der Waals surface area contributed by atoms with E-state index in [1.165, 1.54) is 28.6 Å². The number of aromatic nitrogens is 3. The third-order valence-corrected chi connectivity index (χ3v) is 5.39. The first-order chi connectivity index (χ1) is 13.5. The molecule has 0 bridgehead atoms. The Bertz CT molecular complexity index is 998. The molecule has 1 amide bonds. The number of thioether (sulfide) groups is 1. The van der Waals surface area contributed by atoms with E-state index >= 15 is 0 Å². The van der Waals surface area contributed by atoms with Crippen molar-refractivity contribution < 1.29 is 9.18 Å². The summed E-state index contributed by atoms with van der Waals surface area (Å²) in [6.45, 7) is 8.06. The Labute approximate surface area is 167 Å². The molecule has 0 fully saturated rings. The molecule has 3 aromatic rings. The number of halogens is 1. The number of aryl methyl sites for hydroxylation is 1. The summed E-state index contributed by atoms with van der Waals surface area (Å²) < 4.78 is 14.6. The minimum absolute atomic E-state index is 0.268. The van der Waals surface area contributed by atoms with Gasteiger partial charge in [-0.3, -0.25) is 4.79 Å². The second kappa shape index (κ2) is 8.84. The summed E-state index contributed by atoms with van der Waals surface area (Å²) in [6.07, 6.45) is 1.67. The first kappa shape index (κ1) is 19.8. The van der Waals surface area contributed by atoms with Crippen molar-refractivity contribution in [3.63, 3.8) is 0 Å². The first-order valence-corrected chi connectivity index (χ1v) is 9.77. The third-order valence-electron chi connectivity index (χ3n) is 4.36. The molecule has 1 N–H and O–H groups in total. The molecule has 0 saturated carbocycles. The van der Waals surface area contributed by atoms with Crippen molar-refractivity contribution in [3.05, 3.63) is 83.5 Å². The highest BCUT2D eigenvalue weighted by Crippen LogP contribution is 2.25. The summed E-state index contributed by atoms with van der Waals surface area (Å²) in [5.41, 5.74) is 3.84. The van der Waals surface area contributed by atoms with Crippen LogP contribution in [0, 0.1) is 19.7 Å². The number of amides is 1. The van der Waals surface area contributed by atoms with Gasteiger partial charge in [0.1, 0.15) is 11.5 Å². The highest BCUT2D eigenvalue weighted by molar-refractivity contribution is 7.98. The van der Waals surface area contributed by atoms with Crippen LogP contribution in [0.2, 0.25) is 0 Å². The van der Waals surface area contributed by atoms with E-state index in [0.29, 0.717) is 23.7 Å². The molecule has 0 radical (unpaired) electrons. The van der Waals surface area contributed by atoms with Crippen LogP contribution in [0.4, 0.5) is 10.1 Å². The van der Waals surface area contributed by atoms with Gasteiger partial charge in [0.2, 0.25) is 0 Å². The Hall–Kier alpha value is -2.93. The summed E-state index contributed by atoms with van der Waals surface area (Å²) in [5, 5.41) is 11.2. The molecule has 0 unspecified atom stereocenters. The van der Waals surface area contributed by atoms with Crippen molar-refractivity contribution in [2.45, 2.75) is 31.0 Å². The smallest absolute Gasteiger partial charge is 0.275 e. The van der Waals surface area contributed by atoms with Crippen molar-refractivity contribution in [2.75, 3.05) is 5.32 Å². The predicted molar refractivity (Wildman–Crippen MR) is 110 cm³/mol. The molecule has 5 nitrogen and oxygen atoms in total. The summed E-state index contributed by atoms with van der Waals surface area (Å²) in [6, 6.07) is 12.0. The van der Waals surface area contributed by atoms with Crippen LogP contribution in [-0.2, 0) is 12.3 Å². The highest BCUT2D eigenvalue weighted by Gasteiger charge is 2.21. The minimum Gasteiger partial charge on any atom is -0.320 e. The summed E-state index contributed by atoms with van der Waals surface area (Å²) in [5.74, 6) is -0.108. The van der Waals surface area contributed by atoms with Gasteiger partial charge in [-0.1, -0.05) is 23.4 Å². The van der Waals surface area contributed by atoms with Crippen LogP contribution in [0.25, 0.3) is 0 Å². The number of carbonyl (C=O) groups excluding carboxylic acids is 1. The molecule has 7 heteroatoms. The Morgan fingerprint density at radius 3 is 2.71 bits per heavy atom. The van der Waals surface area contributed by atoms with E-state index in [1.807, 2.05) is 32.0 Å². The van der Waals surface area contributed by atoms with Crippen molar-refractivity contribution in [2.24, 2.45) is 0 Å². The summed E-state index contributed by atoms with van der Waals surface area (Å²) in [4.78, 5) is 13.9. The van der Waals surface area contributed by atoms with Gasteiger partial charge in [-0.15, -0.1) is 23.4 Å². The van der Waals surface area contributed by atoms with Gasteiger partial charge in [0.15, 0.2) is 5.69 Å². The maximum Gasteiger partial charge on any atom is 0.275 e. The monoisotopic (exact) mass is 396 g/mol. The predicted octanol–water partition coefficient (Wildman–Crippen LogP) is 4.76. The number of allylic oxidation sites excluding steroid dienone is 1. The average molecular weight is 396 g/mol. The number of carbonyl (C=O) groups is 1. The van der Waals surface area contributed by atoms with Gasteiger partial charge in [0, 0.05) is 16.3 Å². The van der Waals surface area contributed by atoms with Crippen LogP contribution >= 0.6 is 11.8 Å². The average Bonchev–Trinajstić information content (AvgIpc) is 3.08. The van der Waals surface area contributed by atoms with Gasteiger partial charge in [0.25, 0.3) is 5.91 Å². The molecule has 1 aromatic heterocycles. The molecule has 0 atom stereocenters. The van der Waals surface area contributed by atoms with E-state index in [-0.39, 0.29) is 11.7 Å². The lowest BCUT2D eigenvalue weighted by Gasteiger charge is -2.11. The van der Waals surface area contributed by atoms with E-state index in [9.17, 15) is 9.18 Å². The summed E-state index contributed by atoms with van der Waals surface area (Å²) in [7, 11) is 0. The quantitative estimate of drug-likeness (QED) is 0.462. The topological polar surface area (TPSA) is 59.8 Å². The van der Waals surface area contributed by atoms with Gasteiger partial charge in [-0.05, 0) is 55.3 Å². The number of rotatable bonds is 7. The largest absolute Gasteiger partial charge is 0.320 e. The van der Waals surface area contributed by atoms with Crippen LogP contribution in [0.3, 0.4) is 0 Å². The molecule has 0 saturated heterocycles. The lowest BCUT2D eigenvalue weighted by atomic mass is 10.1. The van der Waals surface area contributed by atoms with Crippen LogP contribution < -0.4 is 5.32 Å². The van der Waals surface area contributed by atoms with Gasteiger partial charge in [0.05, 0.1) is 6.54 Å². The minimum atomic E-state index is -0.283. The van der Waals surface area contributed by atoms with Crippen LogP contribution in [0.5, 0.6) is 0 Å². The van der Waals surface area contributed by atoms with Crippen molar-refractivity contribution >= 4 is 23.4 Å². The summed E-state index contributed by atoms with van der Waals surface area (Å²) >= 11 is 1.47. The molecule has 0 spiro atoms. The lowest BCUT2D eigenvalue weighted by Crippen LogP contribution is -2.19. The van der Waals surface area contributed by atoms with Gasteiger partial charge < -0.3 is 5.32 Å². The zero-order valence-corrected chi connectivity index (χ0v) is 16.6. The van der Waals surface area contributed by atoms with Gasteiger partial charge in [-0.2, -0.15) is 0 Å². The molecule has 2 aromatic carbocycles. The van der Waals surface area contributed by atoms with Crippen LogP contribution in [0.1, 0.15) is 27.3 Å². The highest BCUT2D eigenvalue weighted by atomic mass is 32.2. The van der Waals surface area contributed by atoms with E-state index in [4.69, 9.17) is 0 Å². The Kier molecular flexibility index (Phi) is 6.26. The Morgan fingerprint density at radius 2 is 2.00 bits per heavy atom. The third kappa shape index (κ3) is 4.48. The van der Waals surface area contributed by atoms with Gasteiger partial charge in [-0.25, -0.2) is 9.07 Å². The fourth-order valence-electron chi connectivity index (χ4n) is 2.70. The van der Waals surface area contributed by atoms with Crippen LogP contribution in [0.15, 0.2) is 60.0 Å². The number of benzene rings is 2. The molecular formula is C21H21FN4OS. The molecule has 1 heterocycles. The SMILES string of the molecule is C=CCn1nnc(CSc2ccc(F)cc2)c1C(=O)Nc1cccc(C)c1C. The Balaban J connectivity index is 1.84. The fourth-order valence-corrected chi connectivity index (χ4v) is 3.52. The zero-order chi connectivity index (χ0) is 20.1. The van der Waals surface area contributed by atoms with Crippen molar-refractivity contribution in [1.82, 2.24) is 15.0 Å². The van der Waals surface area contributed by atoms with Crippen molar-refractivity contribution in [1.29, 1.82) is 0 Å². The lowest BCUT2D eigenvalue weighted by molar-refractivity contribution is 0.101. The number of nitrogens with one attached hydrogen (secondary N) is 1. The zero-order valence-electron chi connectivity index (χ0n) is 15.8. The van der Waals surface area contributed by atoms with Gasteiger partial charge >= 0.3 is 0 Å². The van der Waals surface area contributed by atoms with Crippen LogP contribution in [-0.4, -0.2) is 20.9 Å². The van der Waals surface area contributed by atoms with E-state index in [0.717, 1.165) is 21.7 Å². The maximum absolute atomic E-state index is 13.1. The normalized spacial score (nSPS) is 10.7. The van der Waals surface area contributed by atoms with E-state index in [2.05, 4.69) is 22.2 Å². The first-order valence-electron chi connectivity index (χ1n) is 8.78. The molecule has 144 valence electrons. The number of anilines is 1. The number of hydrogen-bond donors (Lipinski definition) is 1. The second-order valence-corrected chi connectivity index (χ2v) is 7.35. The molecule has 28 heavy (non-hydrogen) atoms. The molecule has 3 rings (SSSR count).